The number of anilines is 1. The van der Waals surface area contributed by atoms with Crippen molar-refractivity contribution in [3.05, 3.63) is 95.7 Å². The summed E-state index contributed by atoms with van der Waals surface area (Å²) in [5.74, 6) is 1.31. The molecule has 5 rings (SSSR count). The molecule has 208 valence electrons. The van der Waals surface area contributed by atoms with Crippen molar-refractivity contribution in [1.29, 1.82) is 0 Å². The van der Waals surface area contributed by atoms with Gasteiger partial charge >= 0.3 is 0 Å². The molecule has 1 amide bonds. The van der Waals surface area contributed by atoms with E-state index in [0.717, 1.165) is 17.0 Å². The van der Waals surface area contributed by atoms with Crippen LogP contribution in [0.1, 0.15) is 27.4 Å². The standard InChI is InChI=1S/C29H30N4O6S/c1-21-7-12-24(40(35,36)19-22-8-10-23(11-9-22)38-18-28-31-30-20-39-28)17-25(21)29(34)33-15-13-32(14-16-33)26-5-3-4-6-27(26)37-2/h3-12,17,20H,13-16,18-19H2,1-2H3. The Labute approximate surface area is 233 Å². The predicted molar refractivity (Wildman–Crippen MR) is 148 cm³/mol. The molecule has 0 aliphatic carbocycles. The summed E-state index contributed by atoms with van der Waals surface area (Å²) in [6.07, 6.45) is 1.22. The topological polar surface area (TPSA) is 115 Å². The summed E-state index contributed by atoms with van der Waals surface area (Å²) in [7, 11) is -2.05. The van der Waals surface area contributed by atoms with Crippen LogP contribution in [0.5, 0.6) is 11.5 Å². The third-order valence-electron chi connectivity index (χ3n) is 6.84. The Balaban J connectivity index is 1.24. The molecular formula is C29H30N4O6S. The fourth-order valence-corrected chi connectivity index (χ4v) is 6.00. The van der Waals surface area contributed by atoms with Crippen LogP contribution >= 0.6 is 0 Å². The maximum Gasteiger partial charge on any atom is 0.254 e. The van der Waals surface area contributed by atoms with Crippen LogP contribution in [-0.4, -0.2) is 62.7 Å². The molecule has 3 aromatic carbocycles. The van der Waals surface area contributed by atoms with Gasteiger partial charge in [0, 0.05) is 31.7 Å². The molecule has 0 radical (unpaired) electrons. The van der Waals surface area contributed by atoms with Crippen LogP contribution in [0.3, 0.4) is 0 Å². The molecule has 0 unspecified atom stereocenters. The van der Waals surface area contributed by atoms with Crippen LogP contribution in [0.15, 0.2) is 82.4 Å². The molecule has 0 spiro atoms. The molecule has 1 saturated heterocycles. The second-order valence-corrected chi connectivity index (χ2v) is 11.4. The fourth-order valence-electron chi connectivity index (χ4n) is 4.63. The van der Waals surface area contributed by atoms with E-state index in [2.05, 4.69) is 15.1 Å². The number of methoxy groups -OCH3 is 1. The molecule has 0 N–H and O–H groups in total. The maximum absolute atomic E-state index is 13.5. The number of aryl methyl sites for hydroxylation is 1. The van der Waals surface area contributed by atoms with Gasteiger partial charge in [0.25, 0.3) is 11.8 Å². The highest BCUT2D eigenvalue weighted by Crippen LogP contribution is 2.29. The summed E-state index contributed by atoms with van der Waals surface area (Å²) >= 11 is 0. The Morgan fingerprint density at radius 2 is 1.75 bits per heavy atom. The highest BCUT2D eigenvalue weighted by molar-refractivity contribution is 7.90. The van der Waals surface area contributed by atoms with Crippen LogP contribution < -0.4 is 14.4 Å². The number of piperazine rings is 1. The Morgan fingerprint density at radius 1 is 1.00 bits per heavy atom. The van der Waals surface area contributed by atoms with Crippen molar-refractivity contribution in [2.45, 2.75) is 24.2 Å². The molecule has 1 aliphatic heterocycles. The van der Waals surface area contributed by atoms with Crippen molar-refractivity contribution in [2.24, 2.45) is 0 Å². The third kappa shape index (κ3) is 6.09. The van der Waals surface area contributed by atoms with Gasteiger partial charge in [0.15, 0.2) is 16.4 Å². The highest BCUT2D eigenvalue weighted by atomic mass is 32.2. The highest BCUT2D eigenvalue weighted by Gasteiger charge is 2.26. The third-order valence-corrected chi connectivity index (χ3v) is 8.52. The number of hydrogen-bond acceptors (Lipinski definition) is 9. The van der Waals surface area contributed by atoms with Gasteiger partial charge in [0.1, 0.15) is 11.5 Å². The van der Waals surface area contributed by atoms with Gasteiger partial charge in [-0.1, -0.05) is 30.3 Å². The normalized spacial score (nSPS) is 13.8. The number of hydrogen-bond donors (Lipinski definition) is 0. The second kappa shape index (κ2) is 11.8. The molecular weight excluding hydrogens is 532 g/mol. The average molecular weight is 563 g/mol. The van der Waals surface area contributed by atoms with E-state index >= 15 is 0 Å². The quantitative estimate of drug-likeness (QED) is 0.300. The van der Waals surface area contributed by atoms with Gasteiger partial charge in [-0.25, -0.2) is 8.42 Å². The molecule has 10 nitrogen and oxygen atoms in total. The van der Waals surface area contributed by atoms with E-state index in [1.807, 2.05) is 31.2 Å². The van der Waals surface area contributed by atoms with Gasteiger partial charge in [-0.2, -0.15) is 0 Å². The van der Waals surface area contributed by atoms with Crippen LogP contribution in [0.2, 0.25) is 0 Å². The van der Waals surface area contributed by atoms with Crippen LogP contribution in [0.25, 0.3) is 0 Å². The number of benzene rings is 3. The molecule has 1 fully saturated rings. The zero-order chi connectivity index (χ0) is 28.1. The molecule has 0 bridgehead atoms. The Bertz CT molecular complexity index is 1560. The van der Waals surface area contributed by atoms with Crippen molar-refractivity contribution in [1.82, 2.24) is 15.1 Å². The smallest absolute Gasteiger partial charge is 0.254 e. The summed E-state index contributed by atoms with van der Waals surface area (Å²) in [5, 5.41) is 7.35. The lowest BCUT2D eigenvalue weighted by Crippen LogP contribution is -2.49. The molecule has 0 saturated carbocycles. The summed E-state index contributed by atoms with van der Waals surface area (Å²) in [5.41, 5.74) is 2.73. The molecule has 11 heteroatoms. The maximum atomic E-state index is 13.5. The summed E-state index contributed by atoms with van der Waals surface area (Å²) < 4.78 is 42.7. The zero-order valence-corrected chi connectivity index (χ0v) is 23.1. The number of ether oxygens (including phenoxy) is 2. The number of carbonyl (C=O) groups is 1. The minimum absolute atomic E-state index is 0.117. The number of sulfone groups is 1. The van der Waals surface area contributed by atoms with Gasteiger partial charge in [-0.15, -0.1) is 10.2 Å². The molecule has 1 aromatic heterocycles. The second-order valence-electron chi connectivity index (χ2n) is 9.45. The number of para-hydroxylation sites is 2. The van der Waals surface area contributed by atoms with E-state index < -0.39 is 9.84 Å². The average Bonchev–Trinajstić information content (AvgIpc) is 3.50. The Hall–Kier alpha value is -4.38. The monoisotopic (exact) mass is 562 g/mol. The van der Waals surface area contributed by atoms with Crippen molar-refractivity contribution >= 4 is 21.4 Å². The summed E-state index contributed by atoms with van der Waals surface area (Å²) in [6, 6.07) is 19.3. The van der Waals surface area contributed by atoms with Crippen LogP contribution in [0.4, 0.5) is 5.69 Å². The largest absolute Gasteiger partial charge is 0.495 e. The first-order valence-corrected chi connectivity index (χ1v) is 14.5. The van der Waals surface area contributed by atoms with E-state index in [1.54, 1.807) is 48.4 Å². The Kier molecular flexibility index (Phi) is 8.01. The van der Waals surface area contributed by atoms with Gasteiger partial charge in [0.05, 0.1) is 23.4 Å². The first kappa shape index (κ1) is 27.2. The molecule has 4 aromatic rings. The fraction of sp³-hybridized carbons (Fsp3) is 0.276. The molecule has 0 atom stereocenters. The van der Waals surface area contributed by atoms with Crippen molar-refractivity contribution < 1.29 is 27.1 Å². The first-order valence-electron chi connectivity index (χ1n) is 12.8. The predicted octanol–water partition coefficient (Wildman–Crippen LogP) is 3.90. The zero-order valence-electron chi connectivity index (χ0n) is 22.3. The lowest BCUT2D eigenvalue weighted by Gasteiger charge is -2.36. The van der Waals surface area contributed by atoms with Gasteiger partial charge in [-0.3, -0.25) is 4.79 Å². The van der Waals surface area contributed by atoms with Gasteiger partial charge < -0.3 is 23.7 Å². The molecule has 40 heavy (non-hydrogen) atoms. The van der Waals surface area contributed by atoms with E-state index in [1.165, 1.54) is 12.5 Å². The minimum atomic E-state index is -3.70. The number of aromatic nitrogens is 2. The summed E-state index contributed by atoms with van der Waals surface area (Å²) in [4.78, 5) is 17.6. The van der Waals surface area contributed by atoms with E-state index in [0.29, 0.717) is 48.9 Å². The lowest BCUT2D eigenvalue weighted by atomic mass is 10.1. The molecule has 1 aliphatic rings. The lowest BCUT2D eigenvalue weighted by molar-refractivity contribution is 0.0745. The van der Waals surface area contributed by atoms with Crippen molar-refractivity contribution in [3.8, 4) is 11.5 Å². The number of carbonyl (C=O) groups excluding carboxylic acids is 1. The van der Waals surface area contributed by atoms with E-state index in [-0.39, 0.29) is 23.2 Å². The number of amides is 1. The summed E-state index contributed by atoms with van der Waals surface area (Å²) in [6.45, 7) is 4.28. The number of rotatable bonds is 9. The van der Waals surface area contributed by atoms with E-state index in [4.69, 9.17) is 13.9 Å². The first-order chi connectivity index (χ1) is 19.3. The minimum Gasteiger partial charge on any atom is -0.495 e. The molecule has 2 heterocycles. The van der Waals surface area contributed by atoms with E-state index in [9.17, 15) is 13.2 Å². The van der Waals surface area contributed by atoms with Crippen LogP contribution in [-0.2, 0) is 22.2 Å². The number of nitrogens with zero attached hydrogens (tertiary/aromatic N) is 4. The van der Waals surface area contributed by atoms with Gasteiger partial charge in [-0.05, 0) is 54.4 Å². The van der Waals surface area contributed by atoms with Crippen LogP contribution in [0, 0.1) is 6.92 Å². The van der Waals surface area contributed by atoms with Gasteiger partial charge in [0.2, 0.25) is 6.39 Å². The van der Waals surface area contributed by atoms with Crippen molar-refractivity contribution in [2.75, 3.05) is 38.2 Å². The Morgan fingerprint density at radius 3 is 2.45 bits per heavy atom. The van der Waals surface area contributed by atoms with Crippen molar-refractivity contribution in [3.63, 3.8) is 0 Å². The SMILES string of the molecule is COc1ccccc1N1CCN(C(=O)c2cc(S(=O)(=O)Cc3ccc(OCc4nnco4)cc3)ccc2C)CC1.